The number of amides is 1. The molecule has 5 heteroatoms. The van der Waals surface area contributed by atoms with E-state index in [-0.39, 0.29) is 25.2 Å². The fourth-order valence-electron chi connectivity index (χ4n) is 2.78. The normalized spacial score (nSPS) is 17.3. The first-order valence-electron chi connectivity index (χ1n) is 7.96. The summed E-state index contributed by atoms with van der Waals surface area (Å²) in [5.74, 6) is 0.761. The van der Waals surface area contributed by atoms with Crippen molar-refractivity contribution in [2.24, 2.45) is 0 Å². The first kappa shape index (κ1) is 16.8. The second-order valence-electron chi connectivity index (χ2n) is 5.77. The van der Waals surface area contributed by atoms with Gasteiger partial charge in [0.1, 0.15) is 5.75 Å². The van der Waals surface area contributed by atoms with E-state index in [1.54, 1.807) is 0 Å². The minimum atomic E-state index is 0.0261. The predicted octanol–water partition coefficient (Wildman–Crippen LogP) is 1.29. The standard InChI is InChI=1S/C17H26N2O3/c1-3-15(12-20)18-7-9-19(10-8-18)17(21)13-22-16-6-4-5-14(2)11-16/h4-6,11,15,20H,3,7-10,12-13H2,1-2H3. The summed E-state index contributed by atoms with van der Waals surface area (Å²) < 4.78 is 5.57. The fourth-order valence-corrected chi connectivity index (χ4v) is 2.78. The van der Waals surface area contributed by atoms with Crippen molar-refractivity contribution in [3.8, 4) is 5.75 Å². The van der Waals surface area contributed by atoms with Crippen LogP contribution in [0.5, 0.6) is 5.75 Å². The van der Waals surface area contributed by atoms with Crippen molar-refractivity contribution in [2.75, 3.05) is 39.4 Å². The van der Waals surface area contributed by atoms with Crippen LogP contribution in [-0.4, -0.2) is 66.2 Å². The molecule has 22 heavy (non-hydrogen) atoms. The van der Waals surface area contributed by atoms with E-state index in [4.69, 9.17) is 4.74 Å². The maximum atomic E-state index is 12.2. The Kier molecular flexibility index (Phi) is 6.21. The van der Waals surface area contributed by atoms with Crippen LogP contribution < -0.4 is 4.74 Å². The van der Waals surface area contributed by atoms with Gasteiger partial charge in [0, 0.05) is 32.2 Å². The molecule has 2 rings (SSSR count). The number of hydrogen-bond donors (Lipinski definition) is 1. The van der Waals surface area contributed by atoms with Crippen LogP contribution >= 0.6 is 0 Å². The van der Waals surface area contributed by atoms with Crippen LogP contribution in [0.3, 0.4) is 0 Å². The Balaban J connectivity index is 1.78. The van der Waals surface area contributed by atoms with E-state index in [9.17, 15) is 9.90 Å². The molecule has 1 heterocycles. The quantitative estimate of drug-likeness (QED) is 0.860. The highest BCUT2D eigenvalue weighted by molar-refractivity contribution is 5.77. The van der Waals surface area contributed by atoms with E-state index in [1.807, 2.05) is 36.1 Å². The molecule has 1 N–H and O–H groups in total. The van der Waals surface area contributed by atoms with Crippen LogP contribution in [0.15, 0.2) is 24.3 Å². The van der Waals surface area contributed by atoms with Crippen molar-refractivity contribution in [1.82, 2.24) is 9.80 Å². The zero-order valence-corrected chi connectivity index (χ0v) is 13.5. The van der Waals surface area contributed by atoms with E-state index in [2.05, 4.69) is 11.8 Å². The highest BCUT2D eigenvalue weighted by Gasteiger charge is 2.24. The lowest BCUT2D eigenvalue weighted by Gasteiger charge is -2.38. The van der Waals surface area contributed by atoms with Gasteiger partial charge < -0.3 is 14.7 Å². The van der Waals surface area contributed by atoms with E-state index in [1.165, 1.54) is 0 Å². The third-order valence-corrected chi connectivity index (χ3v) is 4.22. The smallest absolute Gasteiger partial charge is 0.260 e. The molecule has 5 nitrogen and oxygen atoms in total. The van der Waals surface area contributed by atoms with Gasteiger partial charge in [0.2, 0.25) is 0 Å². The molecule has 0 bridgehead atoms. The average Bonchev–Trinajstić information content (AvgIpc) is 2.54. The van der Waals surface area contributed by atoms with Gasteiger partial charge >= 0.3 is 0 Å². The zero-order valence-electron chi connectivity index (χ0n) is 13.5. The Morgan fingerprint density at radius 2 is 2.05 bits per heavy atom. The molecular weight excluding hydrogens is 280 g/mol. The highest BCUT2D eigenvalue weighted by Crippen LogP contribution is 2.13. The van der Waals surface area contributed by atoms with Crippen LogP contribution in [-0.2, 0) is 4.79 Å². The van der Waals surface area contributed by atoms with Gasteiger partial charge in [-0.25, -0.2) is 0 Å². The van der Waals surface area contributed by atoms with Crippen molar-refractivity contribution in [2.45, 2.75) is 26.3 Å². The predicted molar refractivity (Wildman–Crippen MR) is 86.0 cm³/mol. The molecule has 0 radical (unpaired) electrons. The Labute approximate surface area is 132 Å². The van der Waals surface area contributed by atoms with E-state index in [0.717, 1.165) is 30.8 Å². The number of piperazine rings is 1. The van der Waals surface area contributed by atoms with Crippen molar-refractivity contribution < 1.29 is 14.6 Å². The Morgan fingerprint density at radius 3 is 2.64 bits per heavy atom. The average molecular weight is 306 g/mol. The fraction of sp³-hybridized carbons (Fsp3) is 0.588. The minimum absolute atomic E-state index is 0.0261. The first-order valence-corrected chi connectivity index (χ1v) is 7.96. The molecule has 1 aliphatic rings. The monoisotopic (exact) mass is 306 g/mol. The third-order valence-electron chi connectivity index (χ3n) is 4.22. The number of nitrogens with zero attached hydrogens (tertiary/aromatic N) is 2. The second-order valence-corrected chi connectivity index (χ2v) is 5.77. The summed E-state index contributed by atoms with van der Waals surface area (Å²) in [6, 6.07) is 7.93. The summed E-state index contributed by atoms with van der Waals surface area (Å²) >= 11 is 0. The van der Waals surface area contributed by atoms with Gasteiger partial charge in [-0.2, -0.15) is 0 Å². The summed E-state index contributed by atoms with van der Waals surface area (Å²) in [6.45, 7) is 7.37. The number of carbonyl (C=O) groups excluding carboxylic acids is 1. The van der Waals surface area contributed by atoms with E-state index >= 15 is 0 Å². The first-order chi connectivity index (χ1) is 10.6. The topological polar surface area (TPSA) is 53.0 Å². The van der Waals surface area contributed by atoms with Crippen LogP contribution in [0, 0.1) is 6.92 Å². The van der Waals surface area contributed by atoms with Gasteiger partial charge in [0.05, 0.1) is 6.61 Å². The zero-order chi connectivity index (χ0) is 15.9. The number of aliphatic hydroxyl groups excluding tert-OH is 1. The molecular formula is C17H26N2O3. The summed E-state index contributed by atoms with van der Waals surface area (Å²) in [5, 5.41) is 9.34. The SMILES string of the molecule is CCC(CO)N1CCN(C(=O)COc2cccc(C)c2)CC1. The maximum Gasteiger partial charge on any atom is 0.260 e. The van der Waals surface area contributed by atoms with Gasteiger partial charge in [0.15, 0.2) is 6.61 Å². The molecule has 1 unspecified atom stereocenters. The molecule has 1 aliphatic heterocycles. The summed E-state index contributed by atoms with van der Waals surface area (Å²) in [4.78, 5) is 16.3. The molecule has 1 aromatic rings. The summed E-state index contributed by atoms with van der Waals surface area (Å²) in [5.41, 5.74) is 1.12. The molecule has 0 spiro atoms. The summed E-state index contributed by atoms with van der Waals surface area (Å²) in [7, 11) is 0. The number of hydrogen-bond acceptors (Lipinski definition) is 4. The highest BCUT2D eigenvalue weighted by atomic mass is 16.5. The third kappa shape index (κ3) is 4.45. The van der Waals surface area contributed by atoms with Gasteiger partial charge in [-0.3, -0.25) is 9.69 Å². The number of aliphatic hydroxyl groups is 1. The Morgan fingerprint density at radius 1 is 1.32 bits per heavy atom. The lowest BCUT2D eigenvalue weighted by Crippen LogP contribution is -2.53. The van der Waals surface area contributed by atoms with Gasteiger partial charge in [0.25, 0.3) is 5.91 Å². The van der Waals surface area contributed by atoms with Gasteiger partial charge in [-0.15, -0.1) is 0 Å². The maximum absolute atomic E-state index is 12.2. The second kappa shape index (κ2) is 8.15. The Hall–Kier alpha value is -1.59. The van der Waals surface area contributed by atoms with Crippen LogP contribution in [0.25, 0.3) is 0 Å². The van der Waals surface area contributed by atoms with Crippen molar-refractivity contribution in [1.29, 1.82) is 0 Å². The van der Waals surface area contributed by atoms with Crippen molar-refractivity contribution >= 4 is 5.91 Å². The molecule has 1 amide bonds. The van der Waals surface area contributed by atoms with Crippen LogP contribution in [0.1, 0.15) is 18.9 Å². The minimum Gasteiger partial charge on any atom is -0.484 e. The Bertz CT molecular complexity index is 481. The lowest BCUT2D eigenvalue weighted by atomic mass is 10.1. The van der Waals surface area contributed by atoms with Gasteiger partial charge in [-0.1, -0.05) is 19.1 Å². The largest absolute Gasteiger partial charge is 0.484 e. The van der Waals surface area contributed by atoms with Crippen LogP contribution in [0.2, 0.25) is 0 Å². The summed E-state index contributed by atoms with van der Waals surface area (Å²) in [6.07, 6.45) is 0.931. The van der Waals surface area contributed by atoms with Crippen molar-refractivity contribution in [3.63, 3.8) is 0 Å². The molecule has 122 valence electrons. The number of carbonyl (C=O) groups is 1. The van der Waals surface area contributed by atoms with E-state index in [0.29, 0.717) is 13.1 Å². The molecule has 1 saturated heterocycles. The number of aryl methyl sites for hydroxylation is 1. The van der Waals surface area contributed by atoms with E-state index < -0.39 is 0 Å². The van der Waals surface area contributed by atoms with Crippen molar-refractivity contribution in [3.05, 3.63) is 29.8 Å². The molecule has 1 atom stereocenters. The molecule has 0 saturated carbocycles. The van der Waals surface area contributed by atoms with Gasteiger partial charge in [-0.05, 0) is 31.0 Å². The number of rotatable bonds is 6. The number of ether oxygens (including phenoxy) is 1. The molecule has 1 aromatic carbocycles. The molecule has 0 aromatic heterocycles. The lowest BCUT2D eigenvalue weighted by molar-refractivity contribution is -0.135. The molecule has 0 aliphatic carbocycles. The molecule has 1 fully saturated rings. The number of benzene rings is 1. The van der Waals surface area contributed by atoms with Crippen LogP contribution in [0.4, 0.5) is 0 Å².